The predicted octanol–water partition coefficient (Wildman–Crippen LogP) is 5.20. The Morgan fingerprint density at radius 2 is 1.00 bits per heavy atom. The molecule has 101 valence electrons. The molecule has 0 heterocycles. The third-order valence-electron chi connectivity index (χ3n) is 3.79. The van der Waals surface area contributed by atoms with Crippen LogP contribution in [-0.2, 0) is 20.1 Å². The third-order valence-corrected chi connectivity index (χ3v) is 3.79. The van der Waals surface area contributed by atoms with Crippen LogP contribution in [0.3, 0.4) is 0 Å². The summed E-state index contributed by atoms with van der Waals surface area (Å²) in [5, 5.41) is 0. The van der Waals surface area contributed by atoms with Gasteiger partial charge in [-0.15, -0.1) is 0 Å². The smallest absolute Gasteiger partial charge is 0 e. The van der Waals surface area contributed by atoms with Crippen molar-refractivity contribution in [1.82, 2.24) is 0 Å². The monoisotopic (exact) mass is 421 g/mol. The van der Waals surface area contributed by atoms with E-state index in [0.717, 1.165) is 11.8 Å². The summed E-state index contributed by atoms with van der Waals surface area (Å²) in [7, 11) is 0. The SMILES string of the molecule is C1=CC2CCCC2C=C1.C1=C\CC/C=C\CC/1.[Ir]. The fourth-order valence-electron chi connectivity index (χ4n) is 2.77. The van der Waals surface area contributed by atoms with Crippen LogP contribution in [0.4, 0.5) is 0 Å². The van der Waals surface area contributed by atoms with Gasteiger partial charge in [0.1, 0.15) is 0 Å². The van der Waals surface area contributed by atoms with E-state index in [1.807, 2.05) is 0 Å². The van der Waals surface area contributed by atoms with E-state index in [1.165, 1.54) is 44.9 Å². The van der Waals surface area contributed by atoms with Gasteiger partial charge in [-0.25, -0.2) is 0 Å². The minimum Gasteiger partial charge on any atom is -0.0882 e. The molecule has 0 nitrogen and oxygen atoms in total. The average molecular weight is 421 g/mol. The van der Waals surface area contributed by atoms with E-state index < -0.39 is 0 Å². The summed E-state index contributed by atoms with van der Waals surface area (Å²) in [4.78, 5) is 0. The Kier molecular flexibility index (Phi) is 8.29. The molecule has 3 aliphatic carbocycles. The van der Waals surface area contributed by atoms with Crippen LogP contribution in [0.25, 0.3) is 0 Å². The second-order valence-corrected chi connectivity index (χ2v) is 5.13. The Balaban J connectivity index is 0.000000172. The normalized spacial score (nSPS) is 32.0. The van der Waals surface area contributed by atoms with E-state index in [0.29, 0.717) is 0 Å². The molecule has 1 saturated carbocycles. The van der Waals surface area contributed by atoms with Gasteiger partial charge in [0.25, 0.3) is 0 Å². The zero-order chi connectivity index (χ0) is 11.8. The molecule has 0 bridgehead atoms. The fraction of sp³-hybridized carbons (Fsp3) is 0.529. The van der Waals surface area contributed by atoms with Crippen LogP contribution in [0, 0.1) is 11.8 Å². The Morgan fingerprint density at radius 1 is 0.611 bits per heavy atom. The van der Waals surface area contributed by atoms with Gasteiger partial charge in [-0.1, -0.05) is 55.0 Å². The van der Waals surface area contributed by atoms with Crippen molar-refractivity contribution in [2.75, 3.05) is 0 Å². The van der Waals surface area contributed by atoms with Crippen molar-refractivity contribution in [3.63, 3.8) is 0 Å². The van der Waals surface area contributed by atoms with E-state index in [9.17, 15) is 0 Å². The number of fused-ring (bicyclic) bond motifs is 1. The molecule has 0 spiro atoms. The summed E-state index contributed by atoms with van der Waals surface area (Å²) in [5.74, 6) is 1.80. The van der Waals surface area contributed by atoms with Gasteiger partial charge in [-0.2, -0.15) is 0 Å². The van der Waals surface area contributed by atoms with Gasteiger partial charge in [-0.05, 0) is 50.4 Å². The summed E-state index contributed by atoms with van der Waals surface area (Å²) in [6.45, 7) is 0. The summed E-state index contributed by atoms with van der Waals surface area (Å²) in [6, 6.07) is 0. The zero-order valence-electron chi connectivity index (χ0n) is 11.1. The van der Waals surface area contributed by atoms with Crippen LogP contribution in [0.1, 0.15) is 44.9 Å². The van der Waals surface area contributed by atoms with Gasteiger partial charge in [-0.3, -0.25) is 0 Å². The van der Waals surface area contributed by atoms with Crippen LogP contribution in [0.5, 0.6) is 0 Å². The molecule has 0 aromatic rings. The Morgan fingerprint density at radius 3 is 1.39 bits per heavy atom. The van der Waals surface area contributed by atoms with Gasteiger partial charge in [0.2, 0.25) is 0 Å². The zero-order valence-corrected chi connectivity index (χ0v) is 13.5. The number of hydrogen-bond donors (Lipinski definition) is 0. The molecule has 18 heavy (non-hydrogen) atoms. The van der Waals surface area contributed by atoms with Crippen LogP contribution >= 0.6 is 0 Å². The maximum Gasteiger partial charge on any atom is 0 e. The maximum atomic E-state index is 2.36. The summed E-state index contributed by atoms with van der Waals surface area (Å²) in [6.07, 6.45) is 27.4. The number of hydrogen-bond acceptors (Lipinski definition) is 0. The van der Waals surface area contributed by atoms with Gasteiger partial charge in [0.05, 0.1) is 0 Å². The van der Waals surface area contributed by atoms with E-state index >= 15 is 0 Å². The third kappa shape index (κ3) is 5.50. The molecule has 3 rings (SSSR count). The molecular weight excluding hydrogens is 396 g/mol. The molecule has 0 amide bonds. The van der Waals surface area contributed by atoms with Crippen molar-refractivity contribution in [3.8, 4) is 0 Å². The van der Waals surface area contributed by atoms with Gasteiger partial charge in [0.15, 0.2) is 0 Å². The molecule has 0 aromatic carbocycles. The van der Waals surface area contributed by atoms with Crippen molar-refractivity contribution in [2.45, 2.75) is 44.9 Å². The van der Waals surface area contributed by atoms with Crippen molar-refractivity contribution in [2.24, 2.45) is 11.8 Å². The first-order valence-corrected chi connectivity index (χ1v) is 7.12. The van der Waals surface area contributed by atoms with E-state index in [1.54, 1.807) is 0 Å². The Labute approximate surface area is 125 Å². The van der Waals surface area contributed by atoms with Crippen LogP contribution in [0.2, 0.25) is 0 Å². The molecule has 2 atom stereocenters. The summed E-state index contributed by atoms with van der Waals surface area (Å²) >= 11 is 0. The van der Waals surface area contributed by atoms with Crippen molar-refractivity contribution < 1.29 is 20.1 Å². The second kappa shape index (κ2) is 9.53. The molecule has 1 radical (unpaired) electrons. The van der Waals surface area contributed by atoms with Gasteiger partial charge < -0.3 is 0 Å². The first kappa shape index (κ1) is 15.7. The maximum absolute atomic E-state index is 2.36. The van der Waals surface area contributed by atoms with E-state index in [-0.39, 0.29) is 20.1 Å². The van der Waals surface area contributed by atoms with E-state index in [2.05, 4.69) is 48.6 Å². The van der Waals surface area contributed by atoms with Gasteiger partial charge >= 0.3 is 0 Å². The van der Waals surface area contributed by atoms with Crippen LogP contribution in [0.15, 0.2) is 48.6 Å². The predicted molar refractivity (Wildman–Crippen MR) is 75.9 cm³/mol. The fourth-order valence-corrected chi connectivity index (χ4v) is 2.77. The largest absolute Gasteiger partial charge is 0.0882 e. The number of allylic oxidation sites excluding steroid dienone is 8. The van der Waals surface area contributed by atoms with Crippen molar-refractivity contribution in [3.05, 3.63) is 48.6 Å². The van der Waals surface area contributed by atoms with E-state index in [4.69, 9.17) is 0 Å². The molecule has 0 N–H and O–H groups in total. The first-order valence-electron chi connectivity index (χ1n) is 7.12. The Hall–Kier alpha value is -0.391. The molecular formula is C17H24Ir. The molecule has 3 aliphatic rings. The molecule has 1 heteroatoms. The standard InChI is InChI=1S/C9H12.C8H12.Ir/c1-2-5-9-7-3-6-8(9)4-1;1-2-4-6-8-7-5-3-1;/h1-2,4-5,8-9H,3,6-7H2;1-2,7-8H,3-6H2;/b;2-1-,8-7-;. The second-order valence-electron chi connectivity index (χ2n) is 5.13. The van der Waals surface area contributed by atoms with Crippen molar-refractivity contribution in [1.29, 1.82) is 0 Å². The quantitative estimate of drug-likeness (QED) is 0.473. The van der Waals surface area contributed by atoms with Gasteiger partial charge in [0, 0.05) is 20.1 Å². The molecule has 2 unspecified atom stereocenters. The van der Waals surface area contributed by atoms with Crippen molar-refractivity contribution >= 4 is 0 Å². The topological polar surface area (TPSA) is 0 Å². The van der Waals surface area contributed by atoms with Crippen LogP contribution < -0.4 is 0 Å². The molecule has 0 saturated heterocycles. The summed E-state index contributed by atoms with van der Waals surface area (Å²) < 4.78 is 0. The molecule has 0 aliphatic heterocycles. The summed E-state index contributed by atoms with van der Waals surface area (Å²) in [5.41, 5.74) is 0. The molecule has 1 fully saturated rings. The minimum absolute atomic E-state index is 0. The first-order chi connectivity index (χ1) is 8.47. The molecule has 0 aromatic heterocycles. The minimum atomic E-state index is 0. The number of rotatable bonds is 0. The van der Waals surface area contributed by atoms with Crippen LogP contribution in [-0.4, -0.2) is 0 Å². The Bertz CT molecular complexity index is 279. The average Bonchev–Trinajstić information content (AvgIpc) is 2.76.